The molecule has 1 aliphatic carbocycles. The Bertz CT molecular complexity index is 699. The first-order chi connectivity index (χ1) is 12.0. The number of amides is 3. The smallest absolute Gasteiger partial charge is 0.321 e. The maximum Gasteiger partial charge on any atom is 0.321 e. The molecule has 4 N–H and O–H groups in total. The number of anilines is 2. The van der Waals surface area contributed by atoms with Crippen LogP contribution in [0.3, 0.4) is 0 Å². The summed E-state index contributed by atoms with van der Waals surface area (Å²) in [7, 11) is 0. The molecule has 0 aromatic heterocycles. The molecule has 134 valence electrons. The predicted octanol–water partition coefficient (Wildman–Crippen LogP) is 2.97. The lowest BCUT2D eigenvalue weighted by molar-refractivity contribution is -0.119. The molecule has 25 heavy (non-hydrogen) atoms. The van der Waals surface area contributed by atoms with Gasteiger partial charge in [-0.25, -0.2) is 4.79 Å². The summed E-state index contributed by atoms with van der Waals surface area (Å²) in [4.78, 5) is 25.4. The van der Waals surface area contributed by atoms with E-state index in [1.807, 2.05) is 18.2 Å². The number of likely N-dealkylation sites (tertiary alicyclic amines) is 1. The summed E-state index contributed by atoms with van der Waals surface area (Å²) in [6.45, 7) is 2.65. The van der Waals surface area contributed by atoms with Crippen LogP contribution in [0.5, 0.6) is 0 Å². The molecular weight excluding hydrogens is 316 g/mol. The Hall–Kier alpha value is -2.50. The Morgan fingerprint density at radius 1 is 1.28 bits per heavy atom. The van der Waals surface area contributed by atoms with Crippen LogP contribution < -0.4 is 16.4 Å². The zero-order chi connectivity index (χ0) is 17.8. The second-order valence-corrected chi connectivity index (χ2v) is 6.84. The SMILES string of the molecule is CC(=O)NC1CCN(C(=O)Nc2cc(C3=CCCCC3)ccc2N)C1. The van der Waals surface area contributed by atoms with Crippen molar-refractivity contribution >= 4 is 28.9 Å². The number of nitrogens with zero attached hydrogens (tertiary/aromatic N) is 1. The van der Waals surface area contributed by atoms with Crippen molar-refractivity contribution in [2.24, 2.45) is 0 Å². The lowest BCUT2D eigenvalue weighted by atomic mass is 9.93. The fourth-order valence-corrected chi connectivity index (χ4v) is 3.51. The number of benzene rings is 1. The standard InChI is InChI=1S/C19H26N4O2/c1-13(24)21-16-9-10-23(12-16)19(25)22-18-11-15(7-8-17(18)20)14-5-3-2-4-6-14/h5,7-8,11,16H,2-4,6,9-10,12,20H2,1H3,(H,21,24)(H,22,25). The number of rotatable bonds is 3. The summed E-state index contributed by atoms with van der Waals surface area (Å²) >= 11 is 0. The third kappa shape index (κ3) is 4.32. The van der Waals surface area contributed by atoms with Crippen molar-refractivity contribution in [3.63, 3.8) is 0 Å². The molecule has 0 spiro atoms. The van der Waals surface area contributed by atoms with Crippen molar-refractivity contribution in [2.75, 3.05) is 24.1 Å². The van der Waals surface area contributed by atoms with Gasteiger partial charge in [0.15, 0.2) is 0 Å². The van der Waals surface area contributed by atoms with E-state index in [1.165, 1.54) is 25.3 Å². The van der Waals surface area contributed by atoms with Gasteiger partial charge in [0.05, 0.1) is 11.4 Å². The monoisotopic (exact) mass is 342 g/mol. The quantitative estimate of drug-likeness (QED) is 0.738. The number of carbonyl (C=O) groups excluding carboxylic acids is 2. The number of nitrogen functional groups attached to an aromatic ring is 1. The zero-order valence-corrected chi connectivity index (χ0v) is 14.7. The maximum atomic E-state index is 12.5. The number of nitrogens with one attached hydrogen (secondary N) is 2. The molecule has 0 bridgehead atoms. The Balaban J connectivity index is 1.67. The summed E-state index contributed by atoms with van der Waals surface area (Å²) in [5, 5.41) is 5.79. The van der Waals surface area contributed by atoms with E-state index < -0.39 is 0 Å². The van der Waals surface area contributed by atoms with E-state index in [-0.39, 0.29) is 18.0 Å². The van der Waals surface area contributed by atoms with Crippen molar-refractivity contribution in [3.8, 4) is 0 Å². The first-order valence-corrected chi connectivity index (χ1v) is 8.95. The van der Waals surface area contributed by atoms with Gasteiger partial charge in [-0.3, -0.25) is 4.79 Å². The normalized spacial score (nSPS) is 20.1. The molecule has 3 rings (SSSR count). The van der Waals surface area contributed by atoms with Gasteiger partial charge in [-0.05, 0) is 55.4 Å². The average molecular weight is 342 g/mol. The van der Waals surface area contributed by atoms with Crippen molar-refractivity contribution < 1.29 is 9.59 Å². The van der Waals surface area contributed by atoms with Crippen molar-refractivity contribution in [1.29, 1.82) is 0 Å². The molecule has 6 nitrogen and oxygen atoms in total. The van der Waals surface area contributed by atoms with Crippen molar-refractivity contribution in [3.05, 3.63) is 29.8 Å². The molecule has 0 radical (unpaired) electrons. The van der Waals surface area contributed by atoms with Crippen molar-refractivity contribution in [2.45, 2.75) is 45.1 Å². The van der Waals surface area contributed by atoms with Gasteiger partial charge in [-0.2, -0.15) is 0 Å². The second kappa shape index (κ2) is 7.59. The van der Waals surface area contributed by atoms with E-state index in [2.05, 4.69) is 16.7 Å². The first-order valence-electron chi connectivity index (χ1n) is 8.95. The number of urea groups is 1. The molecule has 1 aromatic carbocycles. The topological polar surface area (TPSA) is 87.5 Å². The van der Waals surface area contributed by atoms with Gasteiger partial charge < -0.3 is 21.3 Å². The Labute approximate surface area is 148 Å². The van der Waals surface area contributed by atoms with Gasteiger partial charge in [0.25, 0.3) is 0 Å². The van der Waals surface area contributed by atoms with Gasteiger partial charge in [0.1, 0.15) is 0 Å². The van der Waals surface area contributed by atoms with Crippen LogP contribution >= 0.6 is 0 Å². The number of nitrogens with two attached hydrogens (primary N) is 1. The molecule has 2 aliphatic rings. The van der Waals surface area contributed by atoms with Crippen LogP contribution in [0.15, 0.2) is 24.3 Å². The molecule has 3 amide bonds. The summed E-state index contributed by atoms with van der Waals surface area (Å²) in [6, 6.07) is 5.69. The minimum Gasteiger partial charge on any atom is -0.397 e. The van der Waals surface area contributed by atoms with Gasteiger partial charge in [0.2, 0.25) is 5.91 Å². The van der Waals surface area contributed by atoms with Crippen LogP contribution in [0.25, 0.3) is 5.57 Å². The number of hydrogen-bond donors (Lipinski definition) is 3. The van der Waals surface area contributed by atoms with Crippen LogP contribution in [0.2, 0.25) is 0 Å². The summed E-state index contributed by atoms with van der Waals surface area (Å²) in [5.41, 5.74) is 9.71. The molecule has 1 heterocycles. The lowest BCUT2D eigenvalue weighted by Gasteiger charge is -2.19. The molecule has 1 aromatic rings. The van der Waals surface area contributed by atoms with E-state index in [4.69, 9.17) is 5.73 Å². The zero-order valence-electron chi connectivity index (χ0n) is 14.7. The number of carbonyl (C=O) groups is 2. The van der Waals surface area contributed by atoms with E-state index in [1.54, 1.807) is 4.90 Å². The highest BCUT2D eigenvalue weighted by Crippen LogP contribution is 2.30. The van der Waals surface area contributed by atoms with Gasteiger partial charge in [-0.1, -0.05) is 12.1 Å². The highest BCUT2D eigenvalue weighted by molar-refractivity contribution is 5.93. The third-order valence-corrected chi connectivity index (χ3v) is 4.84. The van der Waals surface area contributed by atoms with E-state index >= 15 is 0 Å². The number of hydrogen-bond acceptors (Lipinski definition) is 3. The van der Waals surface area contributed by atoms with E-state index in [9.17, 15) is 9.59 Å². The largest absolute Gasteiger partial charge is 0.397 e. The van der Waals surface area contributed by atoms with Crippen LogP contribution in [0, 0.1) is 0 Å². The number of allylic oxidation sites excluding steroid dienone is 2. The highest BCUT2D eigenvalue weighted by Gasteiger charge is 2.27. The van der Waals surface area contributed by atoms with Crippen LogP contribution in [-0.4, -0.2) is 36.0 Å². The van der Waals surface area contributed by atoms with Gasteiger partial charge in [-0.15, -0.1) is 0 Å². The molecule has 1 fully saturated rings. The van der Waals surface area contributed by atoms with Gasteiger partial charge in [0, 0.05) is 26.1 Å². The fraction of sp³-hybridized carbons (Fsp3) is 0.474. The molecule has 1 atom stereocenters. The molecule has 6 heteroatoms. The van der Waals surface area contributed by atoms with E-state index in [0.717, 1.165) is 24.8 Å². The third-order valence-electron chi connectivity index (χ3n) is 4.84. The van der Waals surface area contributed by atoms with Crippen LogP contribution in [-0.2, 0) is 4.79 Å². The summed E-state index contributed by atoms with van der Waals surface area (Å²) < 4.78 is 0. The molecule has 1 unspecified atom stereocenters. The maximum absolute atomic E-state index is 12.5. The van der Waals surface area contributed by atoms with E-state index in [0.29, 0.717) is 24.5 Å². The Morgan fingerprint density at radius 2 is 2.12 bits per heavy atom. The molecule has 1 aliphatic heterocycles. The average Bonchev–Trinajstić information content (AvgIpc) is 3.05. The minimum absolute atomic E-state index is 0.0272. The Kier molecular flexibility index (Phi) is 5.26. The van der Waals surface area contributed by atoms with Crippen LogP contribution in [0.4, 0.5) is 16.2 Å². The van der Waals surface area contributed by atoms with Crippen LogP contribution in [0.1, 0.15) is 44.6 Å². The Morgan fingerprint density at radius 3 is 2.84 bits per heavy atom. The minimum atomic E-state index is -0.172. The fourth-order valence-electron chi connectivity index (χ4n) is 3.51. The van der Waals surface area contributed by atoms with Crippen molar-refractivity contribution in [1.82, 2.24) is 10.2 Å². The predicted molar refractivity (Wildman–Crippen MR) is 100 cm³/mol. The molecule has 0 saturated carbocycles. The second-order valence-electron chi connectivity index (χ2n) is 6.84. The molecular formula is C19H26N4O2. The lowest BCUT2D eigenvalue weighted by Crippen LogP contribution is -2.38. The van der Waals surface area contributed by atoms with Gasteiger partial charge >= 0.3 is 6.03 Å². The summed E-state index contributed by atoms with van der Waals surface area (Å²) in [6.07, 6.45) is 7.68. The molecule has 1 saturated heterocycles. The highest BCUT2D eigenvalue weighted by atomic mass is 16.2. The first kappa shape index (κ1) is 17.3. The summed E-state index contributed by atoms with van der Waals surface area (Å²) in [5.74, 6) is -0.0649.